The molecular formula is C12H24N2O2S. The van der Waals surface area contributed by atoms with Gasteiger partial charge in [-0.3, -0.25) is 4.79 Å². The molecule has 17 heavy (non-hydrogen) atoms. The lowest BCUT2D eigenvalue weighted by Gasteiger charge is -2.32. The van der Waals surface area contributed by atoms with E-state index in [1.54, 1.807) is 0 Å². The molecule has 0 aromatic rings. The zero-order valence-electron chi connectivity index (χ0n) is 10.9. The Kier molecular flexibility index (Phi) is 6.92. The van der Waals surface area contributed by atoms with E-state index in [1.165, 1.54) is 18.6 Å². The van der Waals surface area contributed by atoms with E-state index in [9.17, 15) is 4.79 Å². The first-order valence-corrected chi connectivity index (χ1v) is 7.33. The number of nitrogens with zero attached hydrogens (tertiary/aromatic N) is 2. The van der Waals surface area contributed by atoms with Gasteiger partial charge in [0.15, 0.2) is 0 Å². The first-order chi connectivity index (χ1) is 8.08. The molecule has 0 aliphatic carbocycles. The number of piperidine rings is 1. The van der Waals surface area contributed by atoms with Gasteiger partial charge in [-0.25, -0.2) is 0 Å². The summed E-state index contributed by atoms with van der Waals surface area (Å²) in [6.07, 6.45) is 2.76. The highest BCUT2D eigenvalue weighted by atomic mass is 32.2. The Morgan fingerprint density at radius 2 is 2.29 bits per heavy atom. The van der Waals surface area contributed by atoms with Crippen molar-refractivity contribution in [2.45, 2.75) is 24.5 Å². The van der Waals surface area contributed by atoms with Crippen LogP contribution >= 0.6 is 11.8 Å². The smallest absolute Gasteiger partial charge is 0.304 e. The predicted molar refractivity (Wildman–Crippen MR) is 72.7 cm³/mol. The summed E-state index contributed by atoms with van der Waals surface area (Å²) in [5, 5.41) is 9.37. The van der Waals surface area contributed by atoms with Crippen LogP contribution in [-0.4, -0.2) is 72.2 Å². The lowest BCUT2D eigenvalue weighted by atomic mass is 10.1. The molecule has 5 heteroatoms. The van der Waals surface area contributed by atoms with E-state index >= 15 is 0 Å². The largest absolute Gasteiger partial charge is 0.481 e. The molecule has 0 aromatic carbocycles. The molecule has 1 atom stereocenters. The number of carboxylic acids is 1. The SMILES string of the molecule is CN(C)CCSC1CCCN(CCC(=O)O)C1. The molecule has 1 unspecified atom stereocenters. The lowest BCUT2D eigenvalue weighted by Crippen LogP contribution is -2.38. The number of hydrogen-bond acceptors (Lipinski definition) is 4. The number of carboxylic acid groups (broad SMARTS) is 1. The van der Waals surface area contributed by atoms with Crippen molar-refractivity contribution in [3.8, 4) is 0 Å². The molecule has 1 fully saturated rings. The predicted octanol–water partition coefficient (Wildman–Crippen LogP) is 1.22. The van der Waals surface area contributed by atoms with Crippen molar-refractivity contribution in [1.82, 2.24) is 9.80 Å². The highest BCUT2D eigenvalue weighted by molar-refractivity contribution is 7.99. The van der Waals surface area contributed by atoms with E-state index in [0.29, 0.717) is 11.8 Å². The molecule has 100 valence electrons. The van der Waals surface area contributed by atoms with E-state index in [0.717, 1.165) is 19.6 Å². The summed E-state index contributed by atoms with van der Waals surface area (Å²) in [5.74, 6) is 0.483. The Balaban J connectivity index is 2.17. The molecule has 0 aromatic heterocycles. The van der Waals surface area contributed by atoms with E-state index < -0.39 is 5.97 Å². The number of rotatable bonds is 7. The van der Waals surface area contributed by atoms with Crippen molar-refractivity contribution >= 4 is 17.7 Å². The van der Waals surface area contributed by atoms with Crippen LogP contribution in [0.3, 0.4) is 0 Å². The quantitative estimate of drug-likeness (QED) is 0.745. The Morgan fingerprint density at radius 1 is 1.53 bits per heavy atom. The molecule has 0 spiro atoms. The summed E-state index contributed by atoms with van der Waals surface area (Å²) in [5.41, 5.74) is 0. The normalized spacial score (nSPS) is 21.9. The molecule has 1 saturated heterocycles. The average molecular weight is 260 g/mol. The number of carbonyl (C=O) groups is 1. The van der Waals surface area contributed by atoms with Crippen LogP contribution in [0.15, 0.2) is 0 Å². The minimum Gasteiger partial charge on any atom is -0.481 e. The van der Waals surface area contributed by atoms with Crippen LogP contribution in [-0.2, 0) is 4.79 Å². The number of thioether (sulfide) groups is 1. The van der Waals surface area contributed by atoms with Crippen molar-refractivity contribution in [3.63, 3.8) is 0 Å². The van der Waals surface area contributed by atoms with Crippen LogP contribution in [0.1, 0.15) is 19.3 Å². The minimum absolute atomic E-state index is 0.273. The van der Waals surface area contributed by atoms with Gasteiger partial charge < -0.3 is 14.9 Å². The second-order valence-electron chi connectivity index (χ2n) is 4.88. The fraction of sp³-hybridized carbons (Fsp3) is 0.917. The van der Waals surface area contributed by atoms with Gasteiger partial charge in [-0.2, -0.15) is 11.8 Å². The van der Waals surface area contributed by atoms with Crippen molar-refractivity contribution < 1.29 is 9.90 Å². The van der Waals surface area contributed by atoms with Gasteiger partial charge in [0.1, 0.15) is 0 Å². The Bertz CT molecular complexity index is 237. The monoisotopic (exact) mass is 260 g/mol. The molecule has 0 bridgehead atoms. The van der Waals surface area contributed by atoms with Gasteiger partial charge in [-0.05, 0) is 33.5 Å². The van der Waals surface area contributed by atoms with E-state index in [-0.39, 0.29) is 6.42 Å². The Labute approximate surface area is 108 Å². The molecular weight excluding hydrogens is 236 g/mol. The van der Waals surface area contributed by atoms with E-state index in [4.69, 9.17) is 5.11 Å². The van der Waals surface area contributed by atoms with E-state index in [2.05, 4.69) is 23.9 Å². The van der Waals surface area contributed by atoms with Gasteiger partial charge >= 0.3 is 5.97 Å². The van der Waals surface area contributed by atoms with Crippen LogP contribution in [0, 0.1) is 0 Å². The summed E-state index contributed by atoms with van der Waals surface area (Å²) in [6.45, 7) is 3.96. The van der Waals surface area contributed by atoms with Crippen LogP contribution in [0.25, 0.3) is 0 Å². The third kappa shape index (κ3) is 6.91. The highest BCUT2D eigenvalue weighted by Crippen LogP contribution is 2.22. The minimum atomic E-state index is -0.688. The van der Waals surface area contributed by atoms with Crippen molar-refractivity contribution in [2.24, 2.45) is 0 Å². The van der Waals surface area contributed by atoms with Crippen LogP contribution in [0.4, 0.5) is 0 Å². The van der Waals surface area contributed by atoms with Gasteiger partial charge in [0, 0.05) is 30.6 Å². The molecule has 1 aliphatic rings. The molecule has 1 N–H and O–H groups in total. The van der Waals surface area contributed by atoms with Gasteiger partial charge in [-0.1, -0.05) is 0 Å². The molecule has 0 amide bonds. The molecule has 4 nitrogen and oxygen atoms in total. The Hall–Kier alpha value is -0.260. The number of likely N-dealkylation sites (tertiary alicyclic amines) is 1. The fourth-order valence-electron chi connectivity index (χ4n) is 2.01. The van der Waals surface area contributed by atoms with E-state index in [1.807, 2.05) is 11.8 Å². The highest BCUT2D eigenvalue weighted by Gasteiger charge is 2.20. The molecule has 0 radical (unpaired) electrons. The summed E-state index contributed by atoms with van der Waals surface area (Å²) in [4.78, 5) is 15.0. The average Bonchev–Trinajstić information content (AvgIpc) is 2.26. The Morgan fingerprint density at radius 3 is 2.94 bits per heavy atom. The maximum Gasteiger partial charge on any atom is 0.304 e. The fourth-order valence-corrected chi connectivity index (χ4v) is 3.46. The standard InChI is InChI=1S/C12H24N2O2S/c1-13(2)8-9-17-11-4-3-6-14(10-11)7-5-12(15)16/h11H,3-10H2,1-2H3,(H,15,16). The second kappa shape index (κ2) is 7.95. The maximum atomic E-state index is 10.5. The molecule has 1 heterocycles. The van der Waals surface area contributed by atoms with Gasteiger partial charge in [0.2, 0.25) is 0 Å². The molecule has 1 rings (SSSR count). The second-order valence-corrected chi connectivity index (χ2v) is 6.29. The summed E-state index contributed by atoms with van der Waals surface area (Å²) in [7, 11) is 4.20. The first-order valence-electron chi connectivity index (χ1n) is 6.28. The van der Waals surface area contributed by atoms with Crippen LogP contribution in [0.5, 0.6) is 0 Å². The molecule has 0 saturated carbocycles. The zero-order valence-corrected chi connectivity index (χ0v) is 11.7. The van der Waals surface area contributed by atoms with Crippen molar-refractivity contribution in [3.05, 3.63) is 0 Å². The van der Waals surface area contributed by atoms with Crippen LogP contribution < -0.4 is 0 Å². The van der Waals surface area contributed by atoms with Gasteiger partial charge in [-0.15, -0.1) is 0 Å². The van der Waals surface area contributed by atoms with Gasteiger partial charge in [0.05, 0.1) is 6.42 Å². The first kappa shape index (κ1) is 14.8. The van der Waals surface area contributed by atoms with Crippen molar-refractivity contribution in [1.29, 1.82) is 0 Å². The zero-order chi connectivity index (χ0) is 12.7. The third-order valence-electron chi connectivity index (χ3n) is 3.00. The lowest BCUT2D eigenvalue weighted by molar-refractivity contribution is -0.137. The third-order valence-corrected chi connectivity index (χ3v) is 4.27. The number of aliphatic carboxylic acids is 1. The summed E-state index contributed by atoms with van der Waals surface area (Å²) in [6, 6.07) is 0. The van der Waals surface area contributed by atoms with Crippen LogP contribution in [0.2, 0.25) is 0 Å². The van der Waals surface area contributed by atoms with Gasteiger partial charge in [0.25, 0.3) is 0 Å². The molecule has 1 aliphatic heterocycles. The summed E-state index contributed by atoms with van der Waals surface area (Å²) >= 11 is 2.03. The number of hydrogen-bond donors (Lipinski definition) is 1. The van der Waals surface area contributed by atoms with Crippen molar-refractivity contribution in [2.75, 3.05) is 46.0 Å². The topological polar surface area (TPSA) is 43.8 Å². The summed E-state index contributed by atoms with van der Waals surface area (Å²) < 4.78 is 0. The maximum absolute atomic E-state index is 10.5.